The third-order valence-corrected chi connectivity index (χ3v) is 5.62. The van der Waals surface area contributed by atoms with Gasteiger partial charge in [-0.05, 0) is 55.3 Å². The highest BCUT2D eigenvalue weighted by atomic mass is 16.5. The molecule has 108 valence electrons. The highest BCUT2D eigenvalue weighted by Gasteiger charge is 2.56. The standard InChI is InChI=1S/C17H28O2/c1-6-19-16(18)12(3)10-15-13-9-11(2)7-8-14(13)17(15,4)5/h11,13-15H,3,6-10H2,1-2,4-5H3/t11-,13-,14+,15-/m0/s1. The summed E-state index contributed by atoms with van der Waals surface area (Å²) < 4.78 is 5.06. The van der Waals surface area contributed by atoms with E-state index in [-0.39, 0.29) is 5.97 Å². The molecule has 19 heavy (non-hydrogen) atoms. The van der Waals surface area contributed by atoms with Crippen LogP contribution in [0.3, 0.4) is 0 Å². The van der Waals surface area contributed by atoms with Crippen LogP contribution in [0.5, 0.6) is 0 Å². The van der Waals surface area contributed by atoms with Crippen molar-refractivity contribution in [3.63, 3.8) is 0 Å². The van der Waals surface area contributed by atoms with Crippen LogP contribution in [0, 0.1) is 29.1 Å². The van der Waals surface area contributed by atoms with Crippen molar-refractivity contribution in [3.05, 3.63) is 12.2 Å². The summed E-state index contributed by atoms with van der Waals surface area (Å²) in [5.41, 5.74) is 1.02. The molecule has 4 atom stereocenters. The lowest BCUT2D eigenvalue weighted by Gasteiger charge is -2.62. The molecule has 0 aromatic heterocycles. The Morgan fingerprint density at radius 2 is 2.05 bits per heavy atom. The summed E-state index contributed by atoms with van der Waals surface area (Å²) in [5.74, 6) is 2.90. The van der Waals surface area contributed by atoms with Gasteiger partial charge in [0.1, 0.15) is 0 Å². The number of fused-ring (bicyclic) bond motifs is 1. The van der Waals surface area contributed by atoms with Crippen molar-refractivity contribution >= 4 is 5.97 Å². The topological polar surface area (TPSA) is 26.3 Å². The average Bonchev–Trinajstić information content (AvgIpc) is 2.35. The van der Waals surface area contributed by atoms with Gasteiger partial charge in [0.05, 0.1) is 6.61 Å². The molecule has 0 aromatic rings. The number of rotatable bonds is 4. The Labute approximate surface area is 117 Å². The molecule has 0 unspecified atom stereocenters. The first kappa shape index (κ1) is 14.6. The number of hydrogen-bond acceptors (Lipinski definition) is 2. The lowest BCUT2D eigenvalue weighted by molar-refractivity contribution is -0.144. The van der Waals surface area contributed by atoms with E-state index in [1.54, 1.807) is 0 Å². The molecule has 0 saturated heterocycles. The van der Waals surface area contributed by atoms with E-state index in [1.165, 1.54) is 19.3 Å². The van der Waals surface area contributed by atoms with Gasteiger partial charge in [-0.25, -0.2) is 4.79 Å². The highest BCUT2D eigenvalue weighted by Crippen LogP contribution is 2.63. The summed E-state index contributed by atoms with van der Waals surface area (Å²) in [6.45, 7) is 13.3. The molecular formula is C17H28O2. The lowest BCUT2D eigenvalue weighted by atomic mass is 9.43. The van der Waals surface area contributed by atoms with Crippen molar-refractivity contribution in [2.75, 3.05) is 6.61 Å². The zero-order valence-electron chi connectivity index (χ0n) is 12.9. The van der Waals surface area contributed by atoms with Crippen LogP contribution in [0.2, 0.25) is 0 Å². The van der Waals surface area contributed by atoms with Crippen molar-refractivity contribution in [1.82, 2.24) is 0 Å². The van der Waals surface area contributed by atoms with Crippen LogP contribution in [0.25, 0.3) is 0 Å². The largest absolute Gasteiger partial charge is 0.463 e. The molecule has 0 heterocycles. The first-order valence-electron chi connectivity index (χ1n) is 7.72. The molecule has 2 nitrogen and oxygen atoms in total. The normalized spacial score (nSPS) is 36.0. The number of carbonyl (C=O) groups excluding carboxylic acids is 1. The SMILES string of the molecule is C=C(C[C@H]1[C@H]2C[C@@H](C)CC[C@H]2C1(C)C)C(=O)OCC. The summed E-state index contributed by atoms with van der Waals surface area (Å²) in [7, 11) is 0. The van der Waals surface area contributed by atoms with Crippen molar-refractivity contribution in [1.29, 1.82) is 0 Å². The monoisotopic (exact) mass is 264 g/mol. The summed E-state index contributed by atoms with van der Waals surface area (Å²) in [6.07, 6.45) is 4.88. The zero-order chi connectivity index (χ0) is 14.2. The van der Waals surface area contributed by atoms with Gasteiger partial charge >= 0.3 is 5.97 Å². The lowest BCUT2D eigenvalue weighted by Crippen LogP contribution is -2.55. The van der Waals surface area contributed by atoms with Crippen LogP contribution in [-0.2, 0) is 9.53 Å². The molecule has 0 N–H and O–H groups in total. The van der Waals surface area contributed by atoms with Crippen LogP contribution in [0.4, 0.5) is 0 Å². The van der Waals surface area contributed by atoms with Crippen LogP contribution >= 0.6 is 0 Å². The maximum Gasteiger partial charge on any atom is 0.333 e. The van der Waals surface area contributed by atoms with E-state index in [4.69, 9.17) is 4.74 Å². The van der Waals surface area contributed by atoms with Gasteiger partial charge in [-0.3, -0.25) is 0 Å². The second-order valence-electron chi connectivity index (χ2n) is 7.14. The van der Waals surface area contributed by atoms with E-state index in [0.717, 1.165) is 24.2 Å². The summed E-state index contributed by atoms with van der Waals surface area (Å²) in [6, 6.07) is 0. The molecule has 2 aliphatic rings. The molecule has 2 saturated carbocycles. The minimum atomic E-state index is -0.203. The minimum Gasteiger partial charge on any atom is -0.463 e. The fraction of sp³-hybridized carbons (Fsp3) is 0.824. The molecule has 0 aliphatic heterocycles. The van der Waals surface area contributed by atoms with Crippen molar-refractivity contribution in [3.8, 4) is 0 Å². The molecule has 0 spiro atoms. The quantitative estimate of drug-likeness (QED) is 0.562. The highest BCUT2D eigenvalue weighted by molar-refractivity contribution is 5.87. The van der Waals surface area contributed by atoms with Gasteiger partial charge < -0.3 is 4.74 Å². The maximum atomic E-state index is 11.7. The molecular weight excluding hydrogens is 236 g/mol. The first-order valence-corrected chi connectivity index (χ1v) is 7.72. The van der Waals surface area contributed by atoms with E-state index < -0.39 is 0 Å². The van der Waals surface area contributed by atoms with Gasteiger partial charge in [0, 0.05) is 5.57 Å². The van der Waals surface area contributed by atoms with Crippen LogP contribution in [0.15, 0.2) is 12.2 Å². The predicted octanol–water partition coefficient (Wildman–Crippen LogP) is 4.20. The van der Waals surface area contributed by atoms with E-state index in [9.17, 15) is 4.79 Å². The van der Waals surface area contributed by atoms with Crippen molar-refractivity contribution < 1.29 is 9.53 Å². The van der Waals surface area contributed by atoms with Gasteiger partial charge in [-0.15, -0.1) is 0 Å². The second-order valence-corrected chi connectivity index (χ2v) is 7.14. The maximum absolute atomic E-state index is 11.7. The Kier molecular flexibility index (Phi) is 4.08. The number of hydrogen-bond donors (Lipinski definition) is 0. The van der Waals surface area contributed by atoms with Crippen LogP contribution in [-0.4, -0.2) is 12.6 Å². The van der Waals surface area contributed by atoms with E-state index in [2.05, 4.69) is 27.4 Å². The third-order valence-electron chi connectivity index (χ3n) is 5.62. The Balaban J connectivity index is 1.99. The molecule has 0 bridgehead atoms. The van der Waals surface area contributed by atoms with Crippen molar-refractivity contribution in [2.24, 2.45) is 29.1 Å². The molecule has 2 fully saturated rings. The summed E-state index contributed by atoms with van der Waals surface area (Å²) >= 11 is 0. The Hall–Kier alpha value is -0.790. The minimum absolute atomic E-state index is 0.203. The Bertz CT molecular complexity index is 369. The van der Waals surface area contributed by atoms with Gasteiger partial charge in [-0.1, -0.05) is 33.8 Å². The molecule has 2 aliphatic carbocycles. The summed E-state index contributed by atoms with van der Waals surface area (Å²) in [5, 5.41) is 0. The zero-order valence-corrected chi connectivity index (χ0v) is 12.9. The molecule has 0 aromatic carbocycles. The van der Waals surface area contributed by atoms with Gasteiger partial charge in [0.2, 0.25) is 0 Å². The smallest absolute Gasteiger partial charge is 0.333 e. The Morgan fingerprint density at radius 1 is 1.37 bits per heavy atom. The predicted molar refractivity (Wildman–Crippen MR) is 77.7 cm³/mol. The van der Waals surface area contributed by atoms with E-state index in [1.807, 2.05) is 6.92 Å². The molecule has 2 rings (SSSR count). The van der Waals surface area contributed by atoms with Gasteiger partial charge in [-0.2, -0.15) is 0 Å². The number of carbonyl (C=O) groups is 1. The number of esters is 1. The fourth-order valence-electron chi connectivity index (χ4n) is 4.50. The van der Waals surface area contributed by atoms with Crippen molar-refractivity contribution in [2.45, 2.75) is 53.4 Å². The average molecular weight is 264 g/mol. The van der Waals surface area contributed by atoms with Crippen LogP contribution in [0.1, 0.15) is 53.4 Å². The van der Waals surface area contributed by atoms with E-state index >= 15 is 0 Å². The fourth-order valence-corrected chi connectivity index (χ4v) is 4.50. The second kappa shape index (κ2) is 5.30. The number of ether oxygens (including phenoxy) is 1. The van der Waals surface area contributed by atoms with Gasteiger partial charge in [0.15, 0.2) is 0 Å². The first-order chi connectivity index (χ1) is 8.87. The van der Waals surface area contributed by atoms with Crippen LogP contribution < -0.4 is 0 Å². The van der Waals surface area contributed by atoms with E-state index in [0.29, 0.717) is 23.5 Å². The third kappa shape index (κ3) is 2.59. The molecule has 0 radical (unpaired) electrons. The Morgan fingerprint density at radius 3 is 2.68 bits per heavy atom. The molecule has 2 heteroatoms. The van der Waals surface area contributed by atoms with Gasteiger partial charge in [0.25, 0.3) is 0 Å². The molecule has 0 amide bonds. The summed E-state index contributed by atoms with van der Waals surface area (Å²) in [4.78, 5) is 11.7.